The molecule has 4 rings (SSSR count). The van der Waals surface area contributed by atoms with Gasteiger partial charge in [-0.1, -0.05) is 24.3 Å². The Balaban J connectivity index is 1.25. The van der Waals surface area contributed by atoms with Crippen molar-refractivity contribution in [2.45, 2.75) is 38.7 Å². The van der Waals surface area contributed by atoms with Gasteiger partial charge in [0.05, 0.1) is 24.8 Å². The lowest BCUT2D eigenvalue weighted by Gasteiger charge is -2.32. The van der Waals surface area contributed by atoms with Crippen molar-refractivity contribution in [2.75, 3.05) is 26.7 Å². The Kier molecular flexibility index (Phi) is 6.92. The molecule has 1 aliphatic heterocycles. The van der Waals surface area contributed by atoms with Gasteiger partial charge in [0, 0.05) is 18.8 Å². The molecule has 5 heteroatoms. The van der Waals surface area contributed by atoms with Crippen LogP contribution in [0.5, 0.6) is 5.88 Å². The number of pyridine rings is 2. The van der Waals surface area contributed by atoms with Crippen molar-refractivity contribution in [3.63, 3.8) is 0 Å². The summed E-state index contributed by atoms with van der Waals surface area (Å²) in [6.07, 6.45) is 7.81. The van der Waals surface area contributed by atoms with Crippen LogP contribution in [0.3, 0.4) is 0 Å². The predicted molar refractivity (Wildman–Crippen MR) is 120 cm³/mol. The summed E-state index contributed by atoms with van der Waals surface area (Å²) in [4.78, 5) is 11.6. The lowest BCUT2D eigenvalue weighted by molar-refractivity contribution is 0.181. The molecule has 2 aromatic heterocycles. The minimum absolute atomic E-state index is 0.123. The van der Waals surface area contributed by atoms with E-state index in [1.807, 2.05) is 30.5 Å². The van der Waals surface area contributed by atoms with E-state index in [1.165, 1.54) is 43.5 Å². The average Bonchev–Trinajstić information content (AvgIpc) is 2.82. The summed E-state index contributed by atoms with van der Waals surface area (Å²) in [5, 5.41) is 9.16. The van der Waals surface area contributed by atoms with E-state index in [4.69, 9.17) is 9.84 Å². The highest BCUT2D eigenvalue weighted by Crippen LogP contribution is 2.24. The molecule has 3 heterocycles. The maximum absolute atomic E-state index is 9.16. The number of likely N-dealkylation sites (tertiary alicyclic amines) is 1. The number of aliphatic hydroxyl groups is 1. The van der Waals surface area contributed by atoms with Crippen LogP contribution in [0.15, 0.2) is 48.7 Å². The van der Waals surface area contributed by atoms with Gasteiger partial charge in [0.2, 0.25) is 5.88 Å². The van der Waals surface area contributed by atoms with E-state index in [-0.39, 0.29) is 6.61 Å². The molecule has 1 saturated heterocycles. The van der Waals surface area contributed by atoms with Gasteiger partial charge in [0.1, 0.15) is 0 Å². The molecule has 0 spiro atoms. The van der Waals surface area contributed by atoms with Crippen molar-refractivity contribution in [2.24, 2.45) is 5.92 Å². The first kappa shape index (κ1) is 20.8. The van der Waals surface area contributed by atoms with Crippen LogP contribution in [0.4, 0.5) is 0 Å². The second-order valence-electron chi connectivity index (χ2n) is 8.24. The number of rotatable bonds is 8. The molecule has 0 bridgehead atoms. The van der Waals surface area contributed by atoms with Gasteiger partial charge >= 0.3 is 0 Å². The smallest absolute Gasteiger partial charge is 0.213 e. The Morgan fingerprint density at radius 3 is 2.50 bits per heavy atom. The van der Waals surface area contributed by atoms with Crippen LogP contribution in [0, 0.1) is 5.92 Å². The van der Waals surface area contributed by atoms with E-state index in [9.17, 15) is 0 Å². The van der Waals surface area contributed by atoms with Crippen molar-refractivity contribution in [1.29, 1.82) is 0 Å². The lowest BCUT2D eigenvalue weighted by Crippen LogP contribution is -2.35. The number of aromatic nitrogens is 2. The van der Waals surface area contributed by atoms with Crippen molar-refractivity contribution >= 4 is 11.0 Å². The molecule has 0 unspecified atom stereocenters. The number of ether oxygens (including phenoxy) is 1. The van der Waals surface area contributed by atoms with Crippen molar-refractivity contribution in [1.82, 2.24) is 14.9 Å². The fourth-order valence-electron chi connectivity index (χ4n) is 4.34. The fraction of sp³-hybridized carbons (Fsp3) is 0.440. The third kappa shape index (κ3) is 5.15. The summed E-state index contributed by atoms with van der Waals surface area (Å²) < 4.78 is 5.29. The zero-order valence-electron chi connectivity index (χ0n) is 17.8. The number of piperidine rings is 1. The molecule has 1 aromatic carbocycles. The number of hydrogen-bond donors (Lipinski definition) is 1. The van der Waals surface area contributed by atoms with Crippen LogP contribution < -0.4 is 4.74 Å². The largest absolute Gasteiger partial charge is 0.481 e. The van der Waals surface area contributed by atoms with Crippen LogP contribution in [0.1, 0.15) is 36.0 Å². The molecule has 1 fully saturated rings. The molecule has 0 atom stereocenters. The Hall–Kier alpha value is -2.50. The third-order valence-electron chi connectivity index (χ3n) is 6.30. The fourth-order valence-corrected chi connectivity index (χ4v) is 4.34. The van der Waals surface area contributed by atoms with Crippen molar-refractivity contribution in [3.05, 3.63) is 65.4 Å². The molecule has 5 nitrogen and oxygen atoms in total. The highest BCUT2D eigenvalue weighted by atomic mass is 16.5. The second-order valence-corrected chi connectivity index (χ2v) is 8.24. The zero-order valence-corrected chi connectivity index (χ0v) is 17.8. The Morgan fingerprint density at radius 2 is 1.77 bits per heavy atom. The summed E-state index contributed by atoms with van der Waals surface area (Å²) in [5.41, 5.74) is 5.50. The molecule has 3 aromatic rings. The standard InChI is InChI=1S/C25H31N3O2/c1-30-24-9-8-23-25(27-24)22(10-14-26-23)13-17-28-15-11-20(12-16-28)3-2-19-4-6-21(18-29)7-5-19/h4-10,14,20,29H,2-3,11-13,15-18H2,1H3. The highest BCUT2D eigenvalue weighted by Gasteiger charge is 2.19. The Morgan fingerprint density at radius 1 is 1.00 bits per heavy atom. The molecule has 0 radical (unpaired) electrons. The minimum atomic E-state index is 0.123. The molecule has 0 saturated carbocycles. The van der Waals surface area contributed by atoms with E-state index in [0.29, 0.717) is 5.88 Å². The van der Waals surface area contributed by atoms with Gasteiger partial charge < -0.3 is 14.7 Å². The van der Waals surface area contributed by atoms with Gasteiger partial charge in [-0.25, -0.2) is 4.98 Å². The van der Waals surface area contributed by atoms with Gasteiger partial charge in [0.15, 0.2) is 0 Å². The number of aliphatic hydroxyl groups excluding tert-OH is 1. The number of hydrogen-bond acceptors (Lipinski definition) is 5. The average molecular weight is 406 g/mol. The van der Waals surface area contributed by atoms with Crippen LogP contribution >= 0.6 is 0 Å². The monoisotopic (exact) mass is 405 g/mol. The first-order valence-corrected chi connectivity index (χ1v) is 10.9. The topological polar surface area (TPSA) is 58.5 Å². The predicted octanol–water partition coefficient (Wildman–Crippen LogP) is 4.02. The Bertz CT molecular complexity index is 950. The van der Waals surface area contributed by atoms with Crippen LogP contribution in [0.25, 0.3) is 11.0 Å². The zero-order chi connectivity index (χ0) is 20.8. The van der Waals surface area contributed by atoms with Gasteiger partial charge in [-0.05, 0) is 79.9 Å². The van der Waals surface area contributed by atoms with Gasteiger partial charge in [-0.15, -0.1) is 0 Å². The molecule has 158 valence electrons. The maximum Gasteiger partial charge on any atom is 0.213 e. The number of aryl methyl sites for hydroxylation is 1. The minimum Gasteiger partial charge on any atom is -0.481 e. The molecule has 0 aliphatic carbocycles. The first-order chi connectivity index (χ1) is 14.7. The summed E-state index contributed by atoms with van der Waals surface area (Å²) in [5.74, 6) is 1.45. The van der Waals surface area contributed by atoms with E-state index < -0.39 is 0 Å². The maximum atomic E-state index is 9.16. The molecular formula is C25H31N3O2. The summed E-state index contributed by atoms with van der Waals surface area (Å²) in [6.45, 7) is 3.53. The molecule has 0 amide bonds. The van der Waals surface area contributed by atoms with Gasteiger partial charge in [-0.2, -0.15) is 0 Å². The van der Waals surface area contributed by atoms with Crippen LogP contribution in [-0.4, -0.2) is 46.7 Å². The normalized spacial score (nSPS) is 15.5. The summed E-state index contributed by atoms with van der Waals surface area (Å²) in [6, 6.07) is 14.3. The lowest BCUT2D eigenvalue weighted by atomic mass is 9.90. The Labute approximate surface area is 178 Å². The number of methoxy groups -OCH3 is 1. The number of fused-ring (bicyclic) bond motifs is 1. The van der Waals surface area contributed by atoms with Crippen molar-refractivity contribution in [3.8, 4) is 5.88 Å². The van der Waals surface area contributed by atoms with E-state index >= 15 is 0 Å². The van der Waals surface area contributed by atoms with Crippen LogP contribution in [0.2, 0.25) is 0 Å². The second kappa shape index (κ2) is 10.0. The molecular weight excluding hydrogens is 374 g/mol. The van der Waals surface area contributed by atoms with E-state index in [2.05, 4.69) is 33.1 Å². The molecule has 1 aliphatic rings. The number of nitrogens with zero attached hydrogens (tertiary/aromatic N) is 3. The highest BCUT2D eigenvalue weighted by molar-refractivity contribution is 5.78. The van der Waals surface area contributed by atoms with Crippen LogP contribution in [-0.2, 0) is 19.4 Å². The van der Waals surface area contributed by atoms with Crippen molar-refractivity contribution < 1.29 is 9.84 Å². The third-order valence-corrected chi connectivity index (χ3v) is 6.30. The number of benzene rings is 1. The summed E-state index contributed by atoms with van der Waals surface area (Å²) >= 11 is 0. The first-order valence-electron chi connectivity index (χ1n) is 10.9. The molecule has 1 N–H and O–H groups in total. The SMILES string of the molecule is COc1ccc2nccc(CCN3CCC(CCc4ccc(CO)cc4)CC3)c2n1. The summed E-state index contributed by atoms with van der Waals surface area (Å²) in [7, 11) is 1.65. The van der Waals surface area contributed by atoms with Gasteiger partial charge in [0.25, 0.3) is 0 Å². The quantitative estimate of drug-likeness (QED) is 0.613. The van der Waals surface area contributed by atoms with Gasteiger partial charge in [-0.3, -0.25) is 4.98 Å². The van der Waals surface area contributed by atoms with E-state index in [0.717, 1.165) is 41.9 Å². The molecule has 30 heavy (non-hydrogen) atoms. The van der Waals surface area contributed by atoms with E-state index in [1.54, 1.807) is 7.11 Å².